The molecule has 116 valence electrons. The maximum Gasteiger partial charge on any atom is 0.317 e. The van der Waals surface area contributed by atoms with Crippen LogP contribution in [-0.4, -0.2) is 66.7 Å². The molecular weight excluding hydrogens is 258 g/mol. The molecule has 0 aliphatic carbocycles. The summed E-state index contributed by atoms with van der Waals surface area (Å²) in [7, 11) is 3.93. The van der Waals surface area contributed by atoms with Gasteiger partial charge in [0.05, 0.1) is 0 Å². The van der Waals surface area contributed by atoms with Crippen molar-refractivity contribution in [2.24, 2.45) is 0 Å². The number of carboxylic acid groups (broad SMARTS) is 1. The minimum atomic E-state index is -0.755. The molecule has 1 fully saturated rings. The van der Waals surface area contributed by atoms with E-state index in [9.17, 15) is 9.59 Å². The van der Waals surface area contributed by atoms with Gasteiger partial charge in [-0.25, -0.2) is 4.79 Å². The lowest BCUT2D eigenvalue weighted by Crippen LogP contribution is -2.44. The fourth-order valence-corrected chi connectivity index (χ4v) is 2.52. The van der Waals surface area contributed by atoms with E-state index in [4.69, 9.17) is 5.11 Å². The summed E-state index contributed by atoms with van der Waals surface area (Å²) in [6.45, 7) is 2.49. The van der Waals surface area contributed by atoms with Gasteiger partial charge in [0, 0.05) is 32.6 Å². The first-order valence-corrected chi connectivity index (χ1v) is 7.41. The van der Waals surface area contributed by atoms with Gasteiger partial charge in [-0.1, -0.05) is 6.42 Å². The molecule has 2 N–H and O–H groups in total. The fraction of sp³-hybridized carbons (Fsp3) is 0.857. The summed E-state index contributed by atoms with van der Waals surface area (Å²) in [6, 6.07) is 0.435. The normalized spacial score (nSPS) is 19.0. The van der Waals surface area contributed by atoms with Crippen LogP contribution in [0.1, 0.15) is 38.5 Å². The molecule has 1 aliphatic heterocycles. The highest BCUT2D eigenvalue weighted by molar-refractivity contribution is 5.73. The molecule has 1 unspecified atom stereocenters. The molecule has 1 rings (SSSR count). The number of hydrogen-bond acceptors (Lipinski definition) is 3. The fourth-order valence-electron chi connectivity index (χ4n) is 2.52. The lowest BCUT2D eigenvalue weighted by Gasteiger charge is -2.26. The van der Waals surface area contributed by atoms with Crippen LogP contribution >= 0.6 is 0 Å². The molecule has 0 spiro atoms. The summed E-state index contributed by atoms with van der Waals surface area (Å²) >= 11 is 0. The average Bonchev–Trinajstić information content (AvgIpc) is 2.78. The maximum absolute atomic E-state index is 11.9. The largest absolute Gasteiger partial charge is 0.481 e. The third kappa shape index (κ3) is 6.23. The van der Waals surface area contributed by atoms with Gasteiger partial charge in [-0.2, -0.15) is 0 Å². The number of unbranched alkanes of at least 4 members (excludes halogenated alkanes) is 2. The van der Waals surface area contributed by atoms with Crippen LogP contribution in [0.4, 0.5) is 4.79 Å². The Balaban J connectivity index is 2.07. The summed E-state index contributed by atoms with van der Waals surface area (Å²) in [4.78, 5) is 26.3. The molecule has 6 heteroatoms. The van der Waals surface area contributed by atoms with Crippen molar-refractivity contribution in [3.63, 3.8) is 0 Å². The Labute approximate surface area is 121 Å². The lowest BCUT2D eigenvalue weighted by atomic mass is 10.2. The third-order valence-corrected chi connectivity index (χ3v) is 3.85. The van der Waals surface area contributed by atoms with Crippen LogP contribution in [0.5, 0.6) is 0 Å². The zero-order chi connectivity index (χ0) is 15.0. The van der Waals surface area contributed by atoms with Crippen molar-refractivity contribution >= 4 is 12.0 Å². The van der Waals surface area contributed by atoms with E-state index in [1.807, 2.05) is 7.05 Å². The van der Waals surface area contributed by atoms with Crippen LogP contribution < -0.4 is 5.32 Å². The molecule has 20 heavy (non-hydrogen) atoms. The Kier molecular flexibility index (Phi) is 7.36. The van der Waals surface area contributed by atoms with Crippen molar-refractivity contribution < 1.29 is 14.7 Å². The SMILES string of the molecule is CN(CC1CCCN1C)C(=O)NCCCCCC(=O)O. The van der Waals surface area contributed by atoms with Crippen LogP contribution in [0.3, 0.4) is 0 Å². The number of likely N-dealkylation sites (N-methyl/N-ethyl adjacent to an activating group) is 2. The Morgan fingerprint density at radius 3 is 2.70 bits per heavy atom. The van der Waals surface area contributed by atoms with Crippen molar-refractivity contribution in [3.8, 4) is 0 Å². The number of carbonyl (C=O) groups is 2. The molecule has 0 bridgehead atoms. The van der Waals surface area contributed by atoms with Gasteiger partial charge in [0.2, 0.25) is 0 Å². The van der Waals surface area contributed by atoms with Crippen molar-refractivity contribution in [1.29, 1.82) is 0 Å². The smallest absolute Gasteiger partial charge is 0.317 e. The number of urea groups is 1. The summed E-state index contributed by atoms with van der Waals surface area (Å²) in [5, 5.41) is 11.4. The van der Waals surface area contributed by atoms with E-state index < -0.39 is 5.97 Å². The van der Waals surface area contributed by atoms with Gasteiger partial charge >= 0.3 is 12.0 Å². The maximum atomic E-state index is 11.9. The zero-order valence-corrected chi connectivity index (χ0v) is 12.6. The Morgan fingerprint density at radius 1 is 1.35 bits per heavy atom. The van der Waals surface area contributed by atoms with Gasteiger partial charge in [0.25, 0.3) is 0 Å². The molecule has 0 aromatic carbocycles. The average molecular weight is 285 g/mol. The molecule has 1 heterocycles. The van der Waals surface area contributed by atoms with Gasteiger partial charge in [0.15, 0.2) is 0 Å². The number of likely N-dealkylation sites (tertiary alicyclic amines) is 1. The van der Waals surface area contributed by atoms with E-state index in [1.54, 1.807) is 4.90 Å². The first-order chi connectivity index (χ1) is 9.50. The molecular formula is C14H27N3O3. The summed E-state index contributed by atoms with van der Waals surface area (Å²) in [5.41, 5.74) is 0. The number of amides is 2. The van der Waals surface area contributed by atoms with E-state index in [2.05, 4.69) is 17.3 Å². The first-order valence-electron chi connectivity index (χ1n) is 7.41. The Hall–Kier alpha value is -1.30. The Morgan fingerprint density at radius 2 is 2.10 bits per heavy atom. The third-order valence-electron chi connectivity index (χ3n) is 3.85. The lowest BCUT2D eigenvalue weighted by molar-refractivity contribution is -0.137. The molecule has 1 saturated heterocycles. The molecule has 6 nitrogen and oxygen atoms in total. The van der Waals surface area contributed by atoms with Gasteiger partial charge in [-0.05, 0) is 39.3 Å². The molecule has 0 saturated carbocycles. The van der Waals surface area contributed by atoms with Crippen LogP contribution in [0, 0.1) is 0 Å². The molecule has 0 aromatic heterocycles. The topological polar surface area (TPSA) is 72.9 Å². The van der Waals surface area contributed by atoms with E-state index in [0.717, 1.165) is 32.4 Å². The van der Waals surface area contributed by atoms with Gasteiger partial charge in [-0.3, -0.25) is 4.79 Å². The summed E-state index contributed by atoms with van der Waals surface area (Å²) in [6.07, 6.45) is 4.91. The number of rotatable bonds is 8. The molecule has 1 aliphatic rings. The van der Waals surface area contributed by atoms with E-state index in [-0.39, 0.29) is 12.5 Å². The van der Waals surface area contributed by atoms with Crippen LogP contribution in [-0.2, 0) is 4.79 Å². The number of carbonyl (C=O) groups excluding carboxylic acids is 1. The second kappa shape index (κ2) is 8.79. The second-order valence-corrected chi connectivity index (χ2v) is 5.59. The predicted molar refractivity (Wildman–Crippen MR) is 77.8 cm³/mol. The minimum absolute atomic E-state index is 0.0384. The highest BCUT2D eigenvalue weighted by atomic mass is 16.4. The van der Waals surface area contributed by atoms with Crippen molar-refractivity contribution in [1.82, 2.24) is 15.1 Å². The number of nitrogens with zero attached hydrogens (tertiary/aromatic N) is 2. The number of nitrogens with one attached hydrogen (secondary N) is 1. The van der Waals surface area contributed by atoms with E-state index in [0.29, 0.717) is 19.0 Å². The van der Waals surface area contributed by atoms with Crippen molar-refractivity contribution in [3.05, 3.63) is 0 Å². The zero-order valence-electron chi connectivity index (χ0n) is 12.6. The molecule has 2 amide bonds. The molecule has 0 radical (unpaired) electrons. The number of hydrogen-bond donors (Lipinski definition) is 2. The summed E-state index contributed by atoms with van der Waals surface area (Å²) < 4.78 is 0. The second-order valence-electron chi connectivity index (χ2n) is 5.59. The molecule has 1 atom stereocenters. The van der Waals surface area contributed by atoms with Crippen molar-refractivity contribution in [2.75, 3.05) is 33.7 Å². The van der Waals surface area contributed by atoms with Crippen molar-refractivity contribution in [2.45, 2.75) is 44.6 Å². The highest BCUT2D eigenvalue weighted by Crippen LogP contribution is 2.15. The van der Waals surface area contributed by atoms with E-state index >= 15 is 0 Å². The summed E-state index contributed by atoms with van der Waals surface area (Å²) in [5.74, 6) is -0.755. The first kappa shape index (κ1) is 16.8. The van der Waals surface area contributed by atoms with Gasteiger partial charge in [0.1, 0.15) is 0 Å². The van der Waals surface area contributed by atoms with Crippen LogP contribution in [0.25, 0.3) is 0 Å². The minimum Gasteiger partial charge on any atom is -0.481 e. The Bertz CT molecular complexity index is 323. The van der Waals surface area contributed by atoms with E-state index in [1.165, 1.54) is 6.42 Å². The van der Waals surface area contributed by atoms with Crippen LogP contribution in [0.2, 0.25) is 0 Å². The standard InChI is InChI=1S/C14H27N3O3/c1-16-10-6-7-12(16)11-17(2)14(20)15-9-5-3-4-8-13(18)19/h12H,3-11H2,1-2H3,(H,15,20)(H,18,19). The quantitative estimate of drug-likeness (QED) is 0.661. The van der Waals surface area contributed by atoms with Gasteiger partial charge in [-0.15, -0.1) is 0 Å². The number of carboxylic acids is 1. The monoisotopic (exact) mass is 285 g/mol. The highest BCUT2D eigenvalue weighted by Gasteiger charge is 2.23. The number of aliphatic carboxylic acids is 1. The molecule has 0 aromatic rings. The van der Waals surface area contributed by atoms with Crippen LogP contribution in [0.15, 0.2) is 0 Å². The van der Waals surface area contributed by atoms with Gasteiger partial charge < -0.3 is 20.2 Å². The predicted octanol–water partition coefficient (Wildman–Crippen LogP) is 1.37.